The van der Waals surface area contributed by atoms with Gasteiger partial charge in [0.25, 0.3) is 0 Å². The molecule has 2 rings (SSSR count). The lowest BCUT2D eigenvalue weighted by Gasteiger charge is -1.94. The molecule has 4 heteroatoms. The standard InChI is InChI=1S/C10H8N4/c1-14-7-10(12-13-14)9-4-2-8(6-11)3-5-9/h2-5,7H,1H3. The zero-order valence-electron chi connectivity index (χ0n) is 7.68. The van der Waals surface area contributed by atoms with Crippen molar-refractivity contribution in [3.05, 3.63) is 36.0 Å². The molecular weight excluding hydrogens is 176 g/mol. The SMILES string of the molecule is Cn1cc(-c2ccc(C#N)cc2)nn1. The number of hydrogen-bond donors (Lipinski definition) is 0. The van der Waals surface area contributed by atoms with Crippen LogP contribution in [0.5, 0.6) is 0 Å². The number of nitrogens with zero attached hydrogens (tertiary/aromatic N) is 4. The molecule has 0 amide bonds. The fourth-order valence-corrected chi connectivity index (χ4v) is 1.20. The maximum Gasteiger partial charge on any atom is 0.113 e. The second-order valence-corrected chi connectivity index (χ2v) is 2.97. The summed E-state index contributed by atoms with van der Waals surface area (Å²) in [5, 5.41) is 16.4. The van der Waals surface area contributed by atoms with Crippen molar-refractivity contribution in [1.82, 2.24) is 15.0 Å². The summed E-state index contributed by atoms with van der Waals surface area (Å²) >= 11 is 0. The summed E-state index contributed by atoms with van der Waals surface area (Å²) in [7, 11) is 1.82. The van der Waals surface area contributed by atoms with E-state index in [-0.39, 0.29) is 0 Å². The Hall–Kier alpha value is -2.15. The van der Waals surface area contributed by atoms with E-state index < -0.39 is 0 Å². The monoisotopic (exact) mass is 184 g/mol. The molecule has 1 heterocycles. The van der Waals surface area contributed by atoms with Crippen molar-refractivity contribution in [2.24, 2.45) is 7.05 Å². The van der Waals surface area contributed by atoms with E-state index in [1.54, 1.807) is 16.8 Å². The number of hydrogen-bond acceptors (Lipinski definition) is 3. The summed E-state index contributed by atoms with van der Waals surface area (Å²) in [6, 6.07) is 9.33. The van der Waals surface area contributed by atoms with Gasteiger partial charge in [-0.05, 0) is 12.1 Å². The quantitative estimate of drug-likeness (QED) is 0.672. The van der Waals surface area contributed by atoms with Crippen LogP contribution in [0.15, 0.2) is 30.5 Å². The van der Waals surface area contributed by atoms with Crippen LogP contribution in [0.1, 0.15) is 5.56 Å². The zero-order chi connectivity index (χ0) is 9.97. The van der Waals surface area contributed by atoms with Crippen molar-refractivity contribution >= 4 is 0 Å². The number of aromatic nitrogens is 3. The van der Waals surface area contributed by atoms with Crippen LogP contribution < -0.4 is 0 Å². The molecule has 1 aromatic heterocycles. The average Bonchev–Trinajstić information content (AvgIpc) is 2.65. The molecule has 0 aliphatic heterocycles. The average molecular weight is 184 g/mol. The molecule has 0 atom stereocenters. The Morgan fingerprint density at radius 2 is 2.00 bits per heavy atom. The van der Waals surface area contributed by atoms with Crippen LogP contribution >= 0.6 is 0 Å². The van der Waals surface area contributed by atoms with Gasteiger partial charge >= 0.3 is 0 Å². The highest BCUT2D eigenvalue weighted by Gasteiger charge is 2.01. The van der Waals surface area contributed by atoms with Crippen molar-refractivity contribution in [3.8, 4) is 17.3 Å². The highest BCUT2D eigenvalue weighted by molar-refractivity contribution is 5.58. The Morgan fingerprint density at radius 3 is 2.50 bits per heavy atom. The van der Waals surface area contributed by atoms with Crippen LogP contribution in [0.2, 0.25) is 0 Å². The first-order valence-electron chi connectivity index (χ1n) is 4.16. The molecule has 2 aromatic rings. The van der Waals surface area contributed by atoms with Gasteiger partial charge in [-0.15, -0.1) is 5.10 Å². The summed E-state index contributed by atoms with van der Waals surface area (Å²) in [5.74, 6) is 0. The lowest BCUT2D eigenvalue weighted by molar-refractivity contribution is 0.715. The first-order chi connectivity index (χ1) is 6.79. The number of benzene rings is 1. The third-order valence-corrected chi connectivity index (χ3v) is 1.91. The minimum absolute atomic E-state index is 0.651. The van der Waals surface area contributed by atoms with Gasteiger partial charge in [-0.2, -0.15) is 5.26 Å². The molecule has 0 saturated heterocycles. The van der Waals surface area contributed by atoms with Gasteiger partial charge in [-0.25, -0.2) is 0 Å². The van der Waals surface area contributed by atoms with Crippen LogP contribution in [0.3, 0.4) is 0 Å². The topological polar surface area (TPSA) is 54.5 Å². The summed E-state index contributed by atoms with van der Waals surface area (Å²) in [4.78, 5) is 0. The van der Waals surface area contributed by atoms with E-state index in [0.29, 0.717) is 5.56 Å². The molecule has 14 heavy (non-hydrogen) atoms. The van der Waals surface area contributed by atoms with Crippen LogP contribution in [0.25, 0.3) is 11.3 Å². The highest BCUT2D eigenvalue weighted by Crippen LogP contribution is 2.15. The van der Waals surface area contributed by atoms with E-state index in [1.165, 1.54) is 0 Å². The third kappa shape index (κ3) is 1.48. The molecule has 0 unspecified atom stereocenters. The van der Waals surface area contributed by atoms with Crippen molar-refractivity contribution in [2.75, 3.05) is 0 Å². The zero-order valence-corrected chi connectivity index (χ0v) is 7.68. The maximum atomic E-state index is 8.62. The second-order valence-electron chi connectivity index (χ2n) is 2.97. The molecular formula is C10H8N4. The molecule has 68 valence electrons. The number of nitriles is 1. The molecule has 1 aromatic carbocycles. The second kappa shape index (κ2) is 3.30. The Balaban J connectivity index is 2.39. The van der Waals surface area contributed by atoms with Gasteiger partial charge in [-0.3, -0.25) is 4.68 Å². The molecule has 0 fully saturated rings. The Bertz CT molecular complexity index is 476. The summed E-state index contributed by atoms with van der Waals surface area (Å²) in [6.45, 7) is 0. The van der Waals surface area contributed by atoms with E-state index in [4.69, 9.17) is 5.26 Å². The fourth-order valence-electron chi connectivity index (χ4n) is 1.20. The fraction of sp³-hybridized carbons (Fsp3) is 0.100. The maximum absolute atomic E-state index is 8.62. The molecule has 0 saturated carbocycles. The van der Waals surface area contributed by atoms with E-state index in [1.807, 2.05) is 25.4 Å². The van der Waals surface area contributed by atoms with Crippen LogP contribution in [0.4, 0.5) is 0 Å². The Labute approximate surface area is 81.4 Å². The van der Waals surface area contributed by atoms with E-state index >= 15 is 0 Å². The molecule has 0 spiro atoms. The van der Waals surface area contributed by atoms with Gasteiger partial charge in [0.1, 0.15) is 5.69 Å². The highest BCUT2D eigenvalue weighted by atomic mass is 15.4. The van der Waals surface area contributed by atoms with E-state index in [0.717, 1.165) is 11.3 Å². The van der Waals surface area contributed by atoms with Gasteiger partial charge in [0.2, 0.25) is 0 Å². The largest absolute Gasteiger partial charge is 0.255 e. The minimum Gasteiger partial charge on any atom is -0.255 e. The lowest BCUT2D eigenvalue weighted by Crippen LogP contribution is -1.85. The predicted octanol–water partition coefficient (Wildman–Crippen LogP) is 1.35. The van der Waals surface area contributed by atoms with Gasteiger partial charge < -0.3 is 0 Å². The summed E-state index contributed by atoms with van der Waals surface area (Å²) < 4.78 is 1.65. The van der Waals surface area contributed by atoms with Crippen LogP contribution in [0, 0.1) is 11.3 Å². The van der Waals surface area contributed by atoms with Gasteiger partial charge in [0.15, 0.2) is 0 Å². The van der Waals surface area contributed by atoms with E-state index in [2.05, 4.69) is 16.4 Å². The molecule has 0 aliphatic carbocycles. The lowest BCUT2D eigenvalue weighted by atomic mass is 10.1. The molecule has 0 bridgehead atoms. The summed E-state index contributed by atoms with van der Waals surface area (Å²) in [5.41, 5.74) is 2.44. The minimum atomic E-state index is 0.651. The number of rotatable bonds is 1. The normalized spacial score (nSPS) is 9.71. The van der Waals surface area contributed by atoms with Crippen molar-refractivity contribution in [3.63, 3.8) is 0 Å². The molecule has 0 aliphatic rings. The third-order valence-electron chi connectivity index (χ3n) is 1.91. The summed E-state index contributed by atoms with van der Waals surface area (Å²) in [6.07, 6.45) is 1.83. The van der Waals surface area contributed by atoms with Crippen LogP contribution in [-0.4, -0.2) is 15.0 Å². The van der Waals surface area contributed by atoms with Gasteiger partial charge in [0.05, 0.1) is 17.8 Å². The molecule has 0 radical (unpaired) electrons. The Morgan fingerprint density at radius 1 is 1.29 bits per heavy atom. The number of aryl methyl sites for hydroxylation is 1. The van der Waals surface area contributed by atoms with E-state index in [9.17, 15) is 0 Å². The smallest absolute Gasteiger partial charge is 0.113 e. The Kier molecular flexibility index (Phi) is 1.99. The van der Waals surface area contributed by atoms with Crippen molar-refractivity contribution in [1.29, 1.82) is 5.26 Å². The van der Waals surface area contributed by atoms with Crippen molar-refractivity contribution in [2.45, 2.75) is 0 Å². The molecule has 4 nitrogen and oxygen atoms in total. The predicted molar refractivity (Wildman–Crippen MR) is 51.2 cm³/mol. The van der Waals surface area contributed by atoms with Gasteiger partial charge in [-0.1, -0.05) is 17.3 Å². The molecule has 0 N–H and O–H groups in total. The van der Waals surface area contributed by atoms with Crippen molar-refractivity contribution < 1.29 is 0 Å². The van der Waals surface area contributed by atoms with Gasteiger partial charge in [0, 0.05) is 12.6 Å². The van der Waals surface area contributed by atoms with Crippen LogP contribution in [-0.2, 0) is 7.05 Å². The first kappa shape index (κ1) is 8.45. The first-order valence-corrected chi connectivity index (χ1v) is 4.16.